The molecule has 0 fully saturated rings. The molecule has 3 aromatic rings. The number of nitrogens with one attached hydrogen (secondary N) is 1. The van der Waals surface area contributed by atoms with Crippen LogP contribution in [0.15, 0.2) is 52.4 Å². The van der Waals surface area contributed by atoms with Gasteiger partial charge in [-0.25, -0.2) is 9.98 Å². The molecule has 0 saturated heterocycles. The van der Waals surface area contributed by atoms with Crippen molar-refractivity contribution in [2.75, 3.05) is 0 Å². The van der Waals surface area contributed by atoms with E-state index in [9.17, 15) is 15.0 Å². The molecule has 0 radical (unpaired) electrons. The van der Waals surface area contributed by atoms with Crippen LogP contribution in [-0.2, 0) is 0 Å². The normalized spacial score (nSPS) is 17.4. The molecule has 0 aromatic heterocycles. The third-order valence-electron chi connectivity index (χ3n) is 5.14. The number of nitrogens with zero attached hydrogens (tertiary/aromatic N) is 2. The number of amides is 1. The summed E-state index contributed by atoms with van der Waals surface area (Å²) in [6, 6.07) is 12.5. The first-order valence-corrected chi connectivity index (χ1v) is 8.22. The largest absolute Gasteiger partial charge is 0.508 e. The van der Waals surface area contributed by atoms with Gasteiger partial charge in [-0.15, -0.1) is 0 Å². The van der Waals surface area contributed by atoms with Crippen LogP contribution in [0.3, 0.4) is 0 Å². The number of aliphatic hydroxyl groups is 1. The molecule has 0 spiro atoms. The second-order valence-electron chi connectivity index (χ2n) is 6.55. The zero-order chi connectivity index (χ0) is 17.6. The van der Waals surface area contributed by atoms with Crippen LogP contribution in [0.25, 0.3) is 0 Å². The van der Waals surface area contributed by atoms with E-state index in [-0.39, 0.29) is 11.7 Å². The Hall–Kier alpha value is -3.51. The fraction of sp³-hybridized carbons (Fsp3) is 0.0500. The molecule has 0 saturated carbocycles. The molecule has 1 unspecified atom stereocenters. The third kappa shape index (κ3) is 1.48. The summed E-state index contributed by atoms with van der Waals surface area (Å²) in [5.41, 5.74) is 2.26. The number of fused-ring (bicyclic) bond motifs is 8. The second-order valence-corrected chi connectivity index (χ2v) is 6.55. The number of aliphatic hydroxyl groups excluding tert-OH is 1. The molecule has 6 heteroatoms. The fourth-order valence-corrected chi connectivity index (χ4v) is 4.12. The molecule has 6 rings (SSSR count). The van der Waals surface area contributed by atoms with E-state index in [1.54, 1.807) is 18.2 Å². The highest BCUT2D eigenvalue weighted by Gasteiger charge is 2.34. The lowest BCUT2D eigenvalue weighted by Gasteiger charge is -2.07. The molecule has 26 heavy (non-hydrogen) atoms. The summed E-state index contributed by atoms with van der Waals surface area (Å²) in [6.07, 6.45) is -1.08. The highest BCUT2D eigenvalue weighted by molar-refractivity contribution is 6.01. The van der Waals surface area contributed by atoms with E-state index in [0.717, 1.165) is 21.0 Å². The van der Waals surface area contributed by atoms with Crippen molar-refractivity contribution in [1.29, 1.82) is 0 Å². The van der Waals surface area contributed by atoms with Crippen molar-refractivity contribution in [3.05, 3.63) is 85.2 Å². The Balaban J connectivity index is 2.00. The first kappa shape index (κ1) is 13.7. The van der Waals surface area contributed by atoms with Crippen LogP contribution < -0.4 is 16.0 Å². The summed E-state index contributed by atoms with van der Waals surface area (Å²) < 4.78 is 0. The van der Waals surface area contributed by atoms with Crippen LogP contribution in [-0.4, -0.2) is 16.1 Å². The number of carbonyl (C=O) groups is 1. The van der Waals surface area contributed by atoms with E-state index in [0.29, 0.717) is 33.1 Å². The van der Waals surface area contributed by atoms with Gasteiger partial charge >= 0.3 is 0 Å². The zero-order valence-electron chi connectivity index (χ0n) is 13.3. The maximum atomic E-state index is 12.6. The topological polar surface area (TPSA) is 94.3 Å². The van der Waals surface area contributed by atoms with Crippen LogP contribution in [0, 0.1) is 20.9 Å². The molecule has 0 bridgehead atoms. The zero-order valence-corrected chi connectivity index (χ0v) is 13.3. The van der Waals surface area contributed by atoms with Gasteiger partial charge in [0.2, 0.25) is 0 Å². The Bertz CT molecular complexity index is 1510. The lowest BCUT2D eigenvalue weighted by molar-refractivity contribution is 0.0849. The number of carbonyl (C=O) groups excluding carboxylic acids is 1. The lowest BCUT2D eigenvalue weighted by atomic mass is 9.98. The van der Waals surface area contributed by atoms with Gasteiger partial charge in [-0.3, -0.25) is 4.79 Å². The van der Waals surface area contributed by atoms with Gasteiger partial charge in [-0.2, -0.15) is 0 Å². The molecule has 3 aromatic carbocycles. The van der Waals surface area contributed by atoms with E-state index in [1.165, 1.54) is 0 Å². The van der Waals surface area contributed by atoms with Crippen molar-refractivity contribution in [2.45, 2.75) is 6.23 Å². The average molecular weight is 341 g/mol. The van der Waals surface area contributed by atoms with Crippen molar-refractivity contribution in [2.24, 2.45) is 9.98 Å². The van der Waals surface area contributed by atoms with Gasteiger partial charge in [-0.05, 0) is 18.2 Å². The van der Waals surface area contributed by atoms with E-state index in [4.69, 9.17) is 4.99 Å². The van der Waals surface area contributed by atoms with Crippen molar-refractivity contribution < 1.29 is 15.0 Å². The lowest BCUT2D eigenvalue weighted by Crippen LogP contribution is -2.18. The van der Waals surface area contributed by atoms with Gasteiger partial charge in [0.05, 0.1) is 27.7 Å². The molecule has 3 N–H and O–H groups in total. The van der Waals surface area contributed by atoms with Gasteiger partial charge in [0, 0.05) is 32.5 Å². The van der Waals surface area contributed by atoms with E-state index in [1.807, 2.05) is 24.3 Å². The van der Waals surface area contributed by atoms with Crippen LogP contribution in [0.4, 0.5) is 11.4 Å². The van der Waals surface area contributed by atoms with Crippen LogP contribution in [0.2, 0.25) is 0 Å². The maximum absolute atomic E-state index is 12.6. The number of phenols is 1. The second kappa shape index (κ2) is 4.36. The smallest absolute Gasteiger partial charge is 0.254 e. The first-order chi connectivity index (χ1) is 12.6. The minimum Gasteiger partial charge on any atom is -0.508 e. The molecule has 1 amide bonds. The molecular formula is C20H11N3O3. The minimum atomic E-state index is -1.08. The highest BCUT2D eigenvalue weighted by atomic mass is 16.3. The van der Waals surface area contributed by atoms with Crippen molar-refractivity contribution in [3.8, 4) is 5.75 Å². The Morgan fingerprint density at radius 3 is 2.54 bits per heavy atom. The summed E-state index contributed by atoms with van der Waals surface area (Å²) in [6.45, 7) is 0. The summed E-state index contributed by atoms with van der Waals surface area (Å²) in [5.74, 6) is -0.217. The van der Waals surface area contributed by atoms with Gasteiger partial charge in [0.1, 0.15) is 5.75 Å². The number of hydrogen-bond acceptors (Lipinski definition) is 5. The van der Waals surface area contributed by atoms with Crippen molar-refractivity contribution in [3.63, 3.8) is 0 Å². The van der Waals surface area contributed by atoms with Gasteiger partial charge in [-0.1, -0.05) is 18.2 Å². The van der Waals surface area contributed by atoms with Gasteiger partial charge < -0.3 is 15.5 Å². The molecule has 124 valence electrons. The van der Waals surface area contributed by atoms with E-state index < -0.39 is 6.23 Å². The standard InChI is InChI=1S/C20H11N3O3/c24-8-5-6-10-12(7-8)22-18-14(10)16-15(19(25)23-20(16)26)13-9-3-1-2-4-11(9)21-17(13)18/h1-7,19,24-25H,(H,23,26). The molecule has 3 aliphatic heterocycles. The van der Waals surface area contributed by atoms with Gasteiger partial charge in [0.25, 0.3) is 5.91 Å². The number of phenolic OH excluding ortho intramolecular Hbond substituents is 1. The number of benzene rings is 3. The number of rotatable bonds is 0. The summed E-state index contributed by atoms with van der Waals surface area (Å²) in [5, 5.41) is 27.4. The third-order valence-corrected chi connectivity index (χ3v) is 5.14. The SMILES string of the molecule is O=C1NC(O)c2c1c1c(c3c2=c2ccccc2=N3)N=c2cc(O)ccc2=1. The Morgan fingerprint density at radius 1 is 0.923 bits per heavy atom. The summed E-state index contributed by atoms with van der Waals surface area (Å²) in [7, 11) is 0. The minimum absolute atomic E-state index is 0.110. The van der Waals surface area contributed by atoms with Crippen LogP contribution >= 0.6 is 0 Å². The molecule has 6 nitrogen and oxygen atoms in total. The Morgan fingerprint density at radius 2 is 1.65 bits per heavy atom. The molecule has 0 aliphatic carbocycles. The number of aromatic hydroxyl groups is 1. The van der Waals surface area contributed by atoms with E-state index >= 15 is 0 Å². The summed E-state index contributed by atoms with van der Waals surface area (Å²) >= 11 is 0. The Labute approximate surface area is 145 Å². The van der Waals surface area contributed by atoms with E-state index in [2.05, 4.69) is 10.3 Å². The van der Waals surface area contributed by atoms with Crippen molar-refractivity contribution in [1.82, 2.24) is 5.32 Å². The maximum Gasteiger partial charge on any atom is 0.254 e. The molecule has 3 heterocycles. The predicted molar refractivity (Wildman–Crippen MR) is 90.4 cm³/mol. The first-order valence-electron chi connectivity index (χ1n) is 8.22. The van der Waals surface area contributed by atoms with Gasteiger partial charge in [0.15, 0.2) is 6.23 Å². The van der Waals surface area contributed by atoms with Crippen molar-refractivity contribution >= 4 is 17.3 Å². The number of hydrogen-bond donors (Lipinski definition) is 3. The Kier molecular flexibility index (Phi) is 2.30. The highest BCUT2D eigenvalue weighted by Crippen LogP contribution is 2.42. The monoisotopic (exact) mass is 341 g/mol. The fourth-order valence-electron chi connectivity index (χ4n) is 4.12. The molecular weight excluding hydrogens is 330 g/mol. The average Bonchev–Trinajstić information content (AvgIpc) is 3.25. The predicted octanol–water partition coefficient (Wildman–Crippen LogP) is 1.23. The quantitative estimate of drug-likeness (QED) is 0.395. The summed E-state index contributed by atoms with van der Waals surface area (Å²) in [4.78, 5) is 22.0. The molecule has 3 aliphatic rings. The molecule has 1 atom stereocenters. The van der Waals surface area contributed by atoms with Crippen LogP contribution in [0.5, 0.6) is 5.75 Å². The number of para-hydroxylation sites is 1. The van der Waals surface area contributed by atoms with Crippen LogP contribution in [0.1, 0.15) is 22.1 Å².